The Morgan fingerprint density at radius 1 is 1.25 bits per heavy atom. The summed E-state index contributed by atoms with van der Waals surface area (Å²) in [5.74, 6) is 0.903. The maximum atomic E-state index is 13.0. The van der Waals surface area contributed by atoms with E-state index in [0.717, 1.165) is 24.6 Å². The molecular formula is C17H23N3O3S. The normalized spacial score (nSPS) is 29.5. The van der Waals surface area contributed by atoms with Gasteiger partial charge in [0.2, 0.25) is 0 Å². The number of sulfone groups is 1. The van der Waals surface area contributed by atoms with Gasteiger partial charge < -0.3 is 4.90 Å². The van der Waals surface area contributed by atoms with E-state index in [0.29, 0.717) is 12.1 Å². The van der Waals surface area contributed by atoms with Crippen LogP contribution in [0.4, 0.5) is 0 Å². The summed E-state index contributed by atoms with van der Waals surface area (Å²) in [6.45, 7) is 4.22. The van der Waals surface area contributed by atoms with Gasteiger partial charge >= 0.3 is 0 Å². The predicted octanol–water partition coefficient (Wildman–Crippen LogP) is 0.723. The average Bonchev–Trinajstić information content (AvgIpc) is 3.28. The van der Waals surface area contributed by atoms with Crippen molar-refractivity contribution in [1.82, 2.24) is 14.8 Å². The maximum Gasteiger partial charge on any atom is 0.256 e. The number of aryl methyl sites for hydroxylation is 1. The first-order chi connectivity index (χ1) is 11.4. The van der Waals surface area contributed by atoms with E-state index in [9.17, 15) is 13.2 Å². The van der Waals surface area contributed by atoms with Crippen LogP contribution in [0, 0.1) is 12.8 Å². The zero-order valence-electron chi connectivity index (χ0n) is 13.9. The maximum absolute atomic E-state index is 13.0. The van der Waals surface area contributed by atoms with Crippen molar-refractivity contribution in [1.29, 1.82) is 0 Å². The Morgan fingerprint density at radius 2 is 2.00 bits per heavy atom. The fourth-order valence-electron chi connectivity index (χ4n) is 3.98. The van der Waals surface area contributed by atoms with Gasteiger partial charge in [0, 0.05) is 38.1 Å². The van der Waals surface area contributed by atoms with Crippen molar-refractivity contribution in [2.24, 2.45) is 5.92 Å². The molecule has 1 aliphatic carbocycles. The van der Waals surface area contributed by atoms with Crippen LogP contribution >= 0.6 is 0 Å². The lowest BCUT2D eigenvalue weighted by Gasteiger charge is -2.44. The van der Waals surface area contributed by atoms with Crippen LogP contribution in [0.2, 0.25) is 0 Å². The topological polar surface area (TPSA) is 70.6 Å². The number of hydrogen-bond donors (Lipinski definition) is 0. The van der Waals surface area contributed by atoms with Crippen LogP contribution in [-0.4, -0.2) is 72.3 Å². The Balaban J connectivity index is 1.60. The summed E-state index contributed by atoms with van der Waals surface area (Å²) in [4.78, 5) is 21.1. The Bertz CT molecular complexity index is 760. The molecule has 2 saturated heterocycles. The number of carbonyl (C=O) groups excluding carboxylic acids is 1. The van der Waals surface area contributed by atoms with Crippen LogP contribution in [-0.2, 0) is 9.84 Å². The number of hydrogen-bond acceptors (Lipinski definition) is 5. The summed E-state index contributed by atoms with van der Waals surface area (Å²) in [5.41, 5.74) is 1.46. The van der Waals surface area contributed by atoms with Crippen LogP contribution in [0.1, 0.15) is 28.8 Å². The second kappa shape index (κ2) is 5.81. The molecule has 0 unspecified atom stereocenters. The first-order valence-electron chi connectivity index (χ1n) is 8.61. The number of rotatable bonds is 3. The molecule has 3 aliphatic rings. The van der Waals surface area contributed by atoms with Crippen LogP contribution in [0.15, 0.2) is 18.5 Å². The van der Waals surface area contributed by atoms with Gasteiger partial charge in [-0.25, -0.2) is 8.42 Å². The van der Waals surface area contributed by atoms with Crippen molar-refractivity contribution in [3.63, 3.8) is 0 Å². The van der Waals surface area contributed by atoms with Crippen LogP contribution in [0.5, 0.6) is 0 Å². The number of aromatic nitrogens is 1. The highest BCUT2D eigenvalue weighted by molar-refractivity contribution is 7.91. The van der Waals surface area contributed by atoms with Gasteiger partial charge in [-0.2, -0.15) is 0 Å². The first kappa shape index (κ1) is 16.0. The molecule has 24 heavy (non-hydrogen) atoms. The predicted molar refractivity (Wildman–Crippen MR) is 90.5 cm³/mol. The third-order valence-electron chi connectivity index (χ3n) is 5.51. The van der Waals surface area contributed by atoms with Gasteiger partial charge in [-0.1, -0.05) is 0 Å². The van der Waals surface area contributed by atoms with Gasteiger partial charge in [0.25, 0.3) is 5.91 Å². The molecule has 1 saturated carbocycles. The Labute approximate surface area is 142 Å². The molecular weight excluding hydrogens is 326 g/mol. The van der Waals surface area contributed by atoms with Crippen LogP contribution in [0.3, 0.4) is 0 Å². The number of pyridine rings is 1. The molecule has 3 fully saturated rings. The van der Waals surface area contributed by atoms with Crippen LogP contribution < -0.4 is 0 Å². The quantitative estimate of drug-likeness (QED) is 0.804. The largest absolute Gasteiger partial charge is 0.332 e. The lowest BCUT2D eigenvalue weighted by Crippen LogP contribution is -2.60. The molecule has 1 amide bonds. The summed E-state index contributed by atoms with van der Waals surface area (Å²) < 4.78 is 24.5. The van der Waals surface area contributed by atoms with E-state index >= 15 is 0 Å². The molecule has 0 spiro atoms. The van der Waals surface area contributed by atoms with Gasteiger partial charge in [0.1, 0.15) is 0 Å². The molecule has 1 aromatic heterocycles. The molecule has 0 N–H and O–H groups in total. The van der Waals surface area contributed by atoms with Gasteiger partial charge in [0.05, 0.1) is 23.1 Å². The molecule has 0 aromatic carbocycles. The summed E-state index contributed by atoms with van der Waals surface area (Å²) in [5, 5.41) is 0. The van der Waals surface area contributed by atoms with Gasteiger partial charge in [-0.3, -0.25) is 14.7 Å². The smallest absolute Gasteiger partial charge is 0.256 e. The minimum absolute atomic E-state index is 0.0507. The van der Waals surface area contributed by atoms with E-state index in [1.54, 1.807) is 17.3 Å². The number of fused-ring (bicyclic) bond motifs is 1. The van der Waals surface area contributed by atoms with E-state index in [2.05, 4.69) is 9.88 Å². The third-order valence-corrected chi connectivity index (χ3v) is 7.21. The van der Waals surface area contributed by atoms with E-state index in [-0.39, 0.29) is 29.5 Å². The third kappa shape index (κ3) is 2.95. The molecule has 4 rings (SSSR count). The summed E-state index contributed by atoms with van der Waals surface area (Å²) >= 11 is 0. The van der Waals surface area contributed by atoms with E-state index in [1.807, 2.05) is 13.0 Å². The van der Waals surface area contributed by atoms with E-state index < -0.39 is 9.84 Å². The Hall–Kier alpha value is -1.47. The lowest BCUT2D eigenvalue weighted by molar-refractivity contribution is 0.0317. The van der Waals surface area contributed by atoms with Crippen molar-refractivity contribution < 1.29 is 13.2 Å². The molecule has 130 valence electrons. The minimum Gasteiger partial charge on any atom is -0.332 e. The van der Waals surface area contributed by atoms with E-state index in [4.69, 9.17) is 0 Å². The van der Waals surface area contributed by atoms with E-state index in [1.165, 1.54) is 12.8 Å². The number of piperazine rings is 1. The molecule has 0 radical (unpaired) electrons. The van der Waals surface area contributed by atoms with Crippen molar-refractivity contribution >= 4 is 15.7 Å². The van der Waals surface area contributed by atoms with Crippen LogP contribution in [0.25, 0.3) is 0 Å². The molecule has 2 aliphatic heterocycles. The molecule has 2 atom stereocenters. The Morgan fingerprint density at radius 3 is 2.71 bits per heavy atom. The molecule has 1 aromatic rings. The monoisotopic (exact) mass is 349 g/mol. The highest BCUT2D eigenvalue weighted by atomic mass is 32.2. The number of amides is 1. The van der Waals surface area contributed by atoms with Crippen molar-refractivity contribution in [2.75, 3.05) is 31.1 Å². The summed E-state index contributed by atoms with van der Waals surface area (Å²) in [6, 6.07) is 1.54. The van der Waals surface area contributed by atoms with Crippen molar-refractivity contribution in [3.05, 3.63) is 29.6 Å². The van der Waals surface area contributed by atoms with Gasteiger partial charge in [0.15, 0.2) is 9.84 Å². The molecule has 7 heteroatoms. The van der Waals surface area contributed by atoms with Gasteiger partial charge in [-0.15, -0.1) is 0 Å². The number of carbonyl (C=O) groups is 1. The fraction of sp³-hybridized carbons (Fsp3) is 0.647. The SMILES string of the molecule is Cc1ccncc1C(=O)N1CCN(CC2CC2)[C@@H]2CS(=O)(=O)C[C@@H]21. The second-order valence-corrected chi connectivity index (χ2v) is 9.49. The average molecular weight is 349 g/mol. The zero-order valence-corrected chi connectivity index (χ0v) is 14.7. The molecule has 6 nitrogen and oxygen atoms in total. The van der Waals surface area contributed by atoms with Crippen molar-refractivity contribution in [2.45, 2.75) is 31.8 Å². The second-order valence-electron chi connectivity index (χ2n) is 7.34. The zero-order chi connectivity index (χ0) is 16.9. The van der Waals surface area contributed by atoms with Gasteiger partial charge in [-0.05, 0) is 37.3 Å². The lowest BCUT2D eigenvalue weighted by atomic mass is 10.0. The number of nitrogens with zero attached hydrogens (tertiary/aromatic N) is 3. The highest BCUT2D eigenvalue weighted by Gasteiger charge is 2.48. The summed E-state index contributed by atoms with van der Waals surface area (Å²) in [6.07, 6.45) is 5.76. The first-order valence-corrected chi connectivity index (χ1v) is 10.4. The Kier molecular flexibility index (Phi) is 3.88. The standard InChI is InChI=1S/C17H23N3O3S/c1-12-4-5-18-8-14(12)17(21)20-7-6-19(9-13-2-3-13)15-10-24(22,23)11-16(15)20/h4-5,8,13,15-16H,2-3,6-7,9-11H2,1H3/t15-,16+/m1/s1. The minimum atomic E-state index is -3.09. The summed E-state index contributed by atoms with van der Waals surface area (Å²) in [7, 11) is -3.09. The van der Waals surface area contributed by atoms with Crippen molar-refractivity contribution in [3.8, 4) is 0 Å². The molecule has 3 heterocycles. The molecule has 0 bridgehead atoms. The highest BCUT2D eigenvalue weighted by Crippen LogP contribution is 2.34. The fourth-order valence-corrected chi connectivity index (χ4v) is 5.99.